The molecule has 4 heteroatoms. The minimum absolute atomic E-state index is 0.0812. The molecule has 0 amide bonds. The second-order valence-electron chi connectivity index (χ2n) is 5.16. The number of para-hydroxylation sites is 1. The van der Waals surface area contributed by atoms with Crippen molar-refractivity contribution in [1.82, 2.24) is 10.2 Å². The van der Waals surface area contributed by atoms with Gasteiger partial charge >= 0.3 is 0 Å². The zero-order valence-electron chi connectivity index (χ0n) is 12.4. The van der Waals surface area contributed by atoms with Gasteiger partial charge in [0.15, 0.2) is 0 Å². The van der Waals surface area contributed by atoms with Crippen molar-refractivity contribution >= 4 is 0 Å². The second-order valence-corrected chi connectivity index (χ2v) is 5.16. The summed E-state index contributed by atoms with van der Waals surface area (Å²) in [6.07, 6.45) is 0. The van der Waals surface area contributed by atoms with Gasteiger partial charge in [-0.1, -0.05) is 32.0 Å². The predicted molar refractivity (Wildman–Crippen MR) is 81.2 cm³/mol. The van der Waals surface area contributed by atoms with Crippen LogP contribution in [0.25, 0.3) is 0 Å². The first-order valence-electron chi connectivity index (χ1n) is 7.14. The van der Waals surface area contributed by atoms with E-state index < -0.39 is 0 Å². The highest BCUT2D eigenvalue weighted by molar-refractivity contribution is 5.41. The highest BCUT2D eigenvalue weighted by Gasteiger charge is 2.19. The number of ether oxygens (including phenoxy) is 1. The molecule has 1 aromatic carbocycles. The Morgan fingerprint density at radius 1 is 1.30 bits per heavy atom. The molecular weight excluding hydrogens is 250 g/mol. The van der Waals surface area contributed by atoms with E-state index in [-0.39, 0.29) is 5.92 Å². The minimum Gasteiger partial charge on any atom is -0.494 e. The number of H-pyrrole nitrogens is 1. The number of hydrogen-bond donors (Lipinski definition) is 2. The van der Waals surface area contributed by atoms with Gasteiger partial charge in [-0.15, -0.1) is 0 Å². The molecule has 1 atom stereocenters. The summed E-state index contributed by atoms with van der Waals surface area (Å²) in [5, 5.41) is 7.48. The molecule has 2 aromatic rings. The van der Waals surface area contributed by atoms with Crippen LogP contribution in [0.2, 0.25) is 0 Å². The fourth-order valence-corrected chi connectivity index (χ4v) is 2.30. The zero-order valence-corrected chi connectivity index (χ0v) is 12.4. The largest absolute Gasteiger partial charge is 0.494 e. The number of aromatic amines is 1. The first-order valence-corrected chi connectivity index (χ1v) is 7.14. The van der Waals surface area contributed by atoms with Crippen molar-refractivity contribution in [2.75, 3.05) is 13.2 Å². The fraction of sp³-hybridized carbons (Fsp3) is 0.438. The molecule has 20 heavy (non-hydrogen) atoms. The molecule has 0 spiro atoms. The van der Waals surface area contributed by atoms with Crippen LogP contribution in [0.1, 0.15) is 49.6 Å². The van der Waals surface area contributed by atoms with Gasteiger partial charge < -0.3 is 10.5 Å². The third-order valence-electron chi connectivity index (χ3n) is 3.41. The molecule has 3 N–H and O–H groups in total. The van der Waals surface area contributed by atoms with Crippen LogP contribution in [0, 0.1) is 0 Å². The molecule has 1 aromatic heterocycles. The predicted octanol–water partition coefficient (Wildman–Crippen LogP) is 3.02. The quantitative estimate of drug-likeness (QED) is 0.850. The monoisotopic (exact) mass is 273 g/mol. The standard InChI is InChI=1S/C16H23N3O/c1-4-20-16-8-6-5-7-12(16)13(10-17)15-9-14(11(2)3)18-19-15/h5-9,11,13H,4,10,17H2,1-3H3,(H,18,19). The van der Waals surface area contributed by atoms with Gasteiger partial charge in [0.05, 0.1) is 12.3 Å². The van der Waals surface area contributed by atoms with Crippen LogP contribution in [-0.2, 0) is 0 Å². The Labute approximate surface area is 120 Å². The number of nitrogens with two attached hydrogens (primary N) is 1. The zero-order chi connectivity index (χ0) is 14.5. The molecular formula is C16H23N3O. The first-order chi connectivity index (χ1) is 9.67. The Hall–Kier alpha value is -1.81. The van der Waals surface area contributed by atoms with Gasteiger partial charge in [-0.25, -0.2) is 0 Å². The van der Waals surface area contributed by atoms with Crippen LogP contribution < -0.4 is 10.5 Å². The molecule has 0 saturated heterocycles. The van der Waals surface area contributed by atoms with Gasteiger partial charge in [0, 0.05) is 23.7 Å². The Balaban J connectivity index is 2.36. The van der Waals surface area contributed by atoms with Crippen molar-refractivity contribution in [1.29, 1.82) is 0 Å². The van der Waals surface area contributed by atoms with Crippen molar-refractivity contribution in [3.8, 4) is 5.75 Å². The second kappa shape index (κ2) is 6.57. The van der Waals surface area contributed by atoms with Crippen LogP contribution >= 0.6 is 0 Å². The lowest BCUT2D eigenvalue weighted by Gasteiger charge is -2.17. The number of aromatic nitrogens is 2. The Kier molecular flexibility index (Phi) is 4.79. The molecule has 1 heterocycles. The molecule has 108 valence electrons. The van der Waals surface area contributed by atoms with E-state index in [4.69, 9.17) is 10.5 Å². The van der Waals surface area contributed by atoms with E-state index in [1.807, 2.05) is 25.1 Å². The SMILES string of the molecule is CCOc1ccccc1C(CN)c1cc(C(C)C)n[nH]1. The Bertz CT molecular complexity index is 548. The summed E-state index contributed by atoms with van der Waals surface area (Å²) in [6, 6.07) is 10.2. The summed E-state index contributed by atoms with van der Waals surface area (Å²) in [5.74, 6) is 1.38. The Morgan fingerprint density at radius 3 is 2.65 bits per heavy atom. The minimum atomic E-state index is 0.0812. The van der Waals surface area contributed by atoms with E-state index in [0.29, 0.717) is 19.1 Å². The molecule has 1 unspecified atom stereocenters. The lowest BCUT2D eigenvalue weighted by atomic mass is 9.94. The van der Waals surface area contributed by atoms with Crippen LogP contribution in [0.3, 0.4) is 0 Å². The molecule has 0 bridgehead atoms. The van der Waals surface area contributed by atoms with Gasteiger partial charge in [-0.05, 0) is 25.0 Å². The summed E-state index contributed by atoms with van der Waals surface area (Å²) in [7, 11) is 0. The molecule has 2 rings (SSSR count). The molecule has 0 saturated carbocycles. The third-order valence-corrected chi connectivity index (χ3v) is 3.41. The van der Waals surface area contributed by atoms with Crippen LogP contribution in [0.4, 0.5) is 0 Å². The number of nitrogens with one attached hydrogen (secondary N) is 1. The summed E-state index contributed by atoms with van der Waals surface area (Å²) >= 11 is 0. The van der Waals surface area contributed by atoms with Crippen molar-refractivity contribution in [2.24, 2.45) is 5.73 Å². The van der Waals surface area contributed by atoms with E-state index in [0.717, 1.165) is 22.7 Å². The highest BCUT2D eigenvalue weighted by atomic mass is 16.5. The maximum atomic E-state index is 5.98. The lowest BCUT2D eigenvalue weighted by Crippen LogP contribution is -2.15. The molecule has 4 nitrogen and oxygen atoms in total. The number of rotatable bonds is 6. The molecule has 0 aliphatic rings. The lowest BCUT2D eigenvalue weighted by molar-refractivity contribution is 0.335. The van der Waals surface area contributed by atoms with E-state index >= 15 is 0 Å². The normalized spacial score (nSPS) is 12.7. The highest BCUT2D eigenvalue weighted by Crippen LogP contribution is 2.31. The van der Waals surface area contributed by atoms with Gasteiger partial charge in [-0.2, -0.15) is 5.10 Å². The van der Waals surface area contributed by atoms with Crippen molar-refractivity contribution in [3.63, 3.8) is 0 Å². The van der Waals surface area contributed by atoms with Gasteiger partial charge in [0.2, 0.25) is 0 Å². The van der Waals surface area contributed by atoms with Crippen molar-refractivity contribution < 1.29 is 4.74 Å². The number of hydrogen-bond acceptors (Lipinski definition) is 3. The number of benzene rings is 1. The Morgan fingerprint density at radius 2 is 2.05 bits per heavy atom. The van der Waals surface area contributed by atoms with Gasteiger partial charge in [0.1, 0.15) is 5.75 Å². The van der Waals surface area contributed by atoms with E-state index in [1.165, 1.54) is 0 Å². The van der Waals surface area contributed by atoms with E-state index in [9.17, 15) is 0 Å². The average Bonchev–Trinajstić information content (AvgIpc) is 2.92. The van der Waals surface area contributed by atoms with Gasteiger partial charge in [0.25, 0.3) is 0 Å². The summed E-state index contributed by atoms with van der Waals surface area (Å²) in [4.78, 5) is 0. The smallest absolute Gasteiger partial charge is 0.123 e. The summed E-state index contributed by atoms with van der Waals surface area (Å²) in [5.41, 5.74) is 9.20. The molecule has 0 fully saturated rings. The number of nitrogens with zero attached hydrogens (tertiary/aromatic N) is 1. The van der Waals surface area contributed by atoms with Gasteiger partial charge in [-0.3, -0.25) is 5.10 Å². The molecule has 0 aliphatic heterocycles. The topological polar surface area (TPSA) is 63.9 Å². The fourth-order valence-electron chi connectivity index (χ4n) is 2.30. The van der Waals surface area contributed by atoms with Crippen LogP contribution in [0.5, 0.6) is 5.75 Å². The third kappa shape index (κ3) is 3.02. The average molecular weight is 273 g/mol. The van der Waals surface area contributed by atoms with Crippen molar-refractivity contribution in [3.05, 3.63) is 47.3 Å². The maximum absolute atomic E-state index is 5.98. The van der Waals surface area contributed by atoms with E-state index in [1.54, 1.807) is 0 Å². The van der Waals surface area contributed by atoms with E-state index in [2.05, 4.69) is 36.2 Å². The van der Waals surface area contributed by atoms with Crippen LogP contribution in [-0.4, -0.2) is 23.3 Å². The molecule has 0 radical (unpaired) electrons. The first kappa shape index (κ1) is 14.6. The summed E-state index contributed by atoms with van der Waals surface area (Å²) < 4.78 is 5.71. The van der Waals surface area contributed by atoms with Crippen LogP contribution in [0.15, 0.2) is 30.3 Å². The summed E-state index contributed by atoms with van der Waals surface area (Å²) in [6.45, 7) is 7.41. The maximum Gasteiger partial charge on any atom is 0.123 e. The van der Waals surface area contributed by atoms with Crippen molar-refractivity contribution in [2.45, 2.75) is 32.6 Å². The molecule has 0 aliphatic carbocycles.